The summed E-state index contributed by atoms with van der Waals surface area (Å²) in [7, 11) is 0. The Bertz CT molecular complexity index is 199. The van der Waals surface area contributed by atoms with Gasteiger partial charge in [-0.1, -0.05) is 6.42 Å². The maximum Gasteiger partial charge on any atom is 0.223 e. The van der Waals surface area contributed by atoms with E-state index in [-0.39, 0.29) is 11.8 Å². The molecular weight excluding hydrogens is 178 g/mol. The van der Waals surface area contributed by atoms with Gasteiger partial charge in [-0.15, -0.1) is 0 Å². The number of carbonyl (C=O) groups excluding carboxylic acids is 1. The number of hydrogen-bond acceptors (Lipinski definition) is 2. The quantitative estimate of drug-likeness (QED) is 0.688. The number of amides is 1. The van der Waals surface area contributed by atoms with Crippen LogP contribution in [0.3, 0.4) is 0 Å². The summed E-state index contributed by atoms with van der Waals surface area (Å²) < 4.78 is 5.33. The first kappa shape index (κ1) is 9.97. The van der Waals surface area contributed by atoms with Gasteiger partial charge in [0.15, 0.2) is 0 Å². The summed E-state index contributed by atoms with van der Waals surface area (Å²) in [6.45, 7) is 2.56. The molecule has 2 heterocycles. The summed E-state index contributed by atoms with van der Waals surface area (Å²) >= 11 is 0. The molecule has 0 aromatic carbocycles. The van der Waals surface area contributed by atoms with Crippen LogP contribution in [0.5, 0.6) is 0 Å². The topological polar surface area (TPSA) is 38.3 Å². The minimum absolute atomic E-state index is 0.265. The summed E-state index contributed by atoms with van der Waals surface area (Å²) in [4.78, 5) is 11.8. The Morgan fingerprint density at radius 1 is 1.14 bits per heavy atom. The van der Waals surface area contributed by atoms with E-state index in [1.807, 2.05) is 0 Å². The van der Waals surface area contributed by atoms with Crippen LogP contribution in [0.25, 0.3) is 0 Å². The maximum absolute atomic E-state index is 11.8. The fourth-order valence-electron chi connectivity index (χ4n) is 2.53. The molecule has 2 saturated heterocycles. The molecule has 0 saturated carbocycles. The van der Waals surface area contributed by atoms with Crippen molar-refractivity contribution in [3.63, 3.8) is 0 Å². The van der Waals surface area contributed by atoms with Crippen molar-refractivity contribution < 1.29 is 9.53 Å². The average Bonchev–Trinajstić information content (AvgIpc) is 2.44. The molecule has 2 rings (SSSR count). The highest BCUT2D eigenvalue weighted by Gasteiger charge is 2.30. The molecule has 2 fully saturated rings. The van der Waals surface area contributed by atoms with Crippen molar-refractivity contribution in [3.8, 4) is 0 Å². The third kappa shape index (κ3) is 2.27. The third-order valence-corrected chi connectivity index (χ3v) is 3.41. The van der Waals surface area contributed by atoms with Crippen LogP contribution < -0.4 is 5.32 Å². The smallest absolute Gasteiger partial charge is 0.223 e. The van der Waals surface area contributed by atoms with Crippen LogP contribution in [0, 0.1) is 11.8 Å². The fourth-order valence-corrected chi connectivity index (χ4v) is 2.53. The highest BCUT2D eigenvalue weighted by atomic mass is 16.5. The van der Waals surface area contributed by atoms with E-state index in [0.29, 0.717) is 5.92 Å². The van der Waals surface area contributed by atoms with Crippen molar-refractivity contribution in [2.45, 2.75) is 32.1 Å². The van der Waals surface area contributed by atoms with Crippen molar-refractivity contribution in [2.24, 2.45) is 11.8 Å². The molecule has 3 nitrogen and oxygen atoms in total. The molecule has 0 unspecified atom stereocenters. The van der Waals surface area contributed by atoms with E-state index in [4.69, 9.17) is 4.74 Å². The SMILES string of the molecule is O=C1NCCCC[C@@H]1C1CCOCC1. The first-order valence-corrected chi connectivity index (χ1v) is 5.73. The van der Waals surface area contributed by atoms with E-state index in [0.717, 1.165) is 45.4 Å². The van der Waals surface area contributed by atoms with E-state index in [1.54, 1.807) is 0 Å². The second-order valence-corrected chi connectivity index (χ2v) is 4.34. The molecule has 0 bridgehead atoms. The van der Waals surface area contributed by atoms with Gasteiger partial charge >= 0.3 is 0 Å². The second-order valence-electron chi connectivity index (χ2n) is 4.34. The Kier molecular flexibility index (Phi) is 3.40. The second kappa shape index (κ2) is 4.78. The van der Waals surface area contributed by atoms with Crippen molar-refractivity contribution in [2.75, 3.05) is 19.8 Å². The Hall–Kier alpha value is -0.570. The van der Waals surface area contributed by atoms with Crippen LogP contribution in [-0.4, -0.2) is 25.7 Å². The number of nitrogens with one attached hydrogen (secondary N) is 1. The molecule has 0 radical (unpaired) electrons. The Balaban J connectivity index is 1.95. The molecule has 0 aliphatic carbocycles. The normalized spacial score (nSPS) is 30.9. The highest BCUT2D eigenvalue weighted by molar-refractivity contribution is 5.79. The molecular formula is C11H19NO2. The lowest BCUT2D eigenvalue weighted by atomic mass is 9.83. The van der Waals surface area contributed by atoms with Crippen LogP contribution >= 0.6 is 0 Å². The van der Waals surface area contributed by atoms with Gasteiger partial charge in [-0.3, -0.25) is 4.79 Å². The molecule has 14 heavy (non-hydrogen) atoms. The van der Waals surface area contributed by atoms with E-state index in [1.165, 1.54) is 6.42 Å². The van der Waals surface area contributed by atoms with Crippen LogP contribution in [0.4, 0.5) is 0 Å². The lowest BCUT2D eigenvalue weighted by Gasteiger charge is -2.28. The zero-order valence-corrected chi connectivity index (χ0v) is 8.63. The third-order valence-electron chi connectivity index (χ3n) is 3.41. The standard InChI is InChI=1S/C11H19NO2/c13-11-10(3-1-2-6-12-11)9-4-7-14-8-5-9/h9-10H,1-8H2,(H,12,13)/t10-/m1/s1. The number of ether oxygens (including phenoxy) is 1. The van der Waals surface area contributed by atoms with Crippen LogP contribution in [0.2, 0.25) is 0 Å². The van der Waals surface area contributed by atoms with E-state index in [2.05, 4.69) is 5.32 Å². The molecule has 1 amide bonds. The van der Waals surface area contributed by atoms with Gasteiger partial charge in [-0.05, 0) is 31.6 Å². The summed E-state index contributed by atoms with van der Waals surface area (Å²) in [5.41, 5.74) is 0. The fraction of sp³-hybridized carbons (Fsp3) is 0.909. The summed E-state index contributed by atoms with van der Waals surface area (Å²) in [6, 6.07) is 0. The first-order valence-electron chi connectivity index (χ1n) is 5.73. The van der Waals surface area contributed by atoms with Crippen molar-refractivity contribution in [3.05, 3.63) is 0 Å². The summed E-state index contributed by atoms with van der Waals surface area (Å²) in [5.74, 6) is 1.12. The monoisotopic (exact) mass is 197 g/mol. The molecule has 0 aromatic heterocycles. The van der Waals surface area contributed by atoms with Crippen molar-refractivity contribution in [1.82, 2.24) is 5.32 Å². The summed E-state index contributed by atoms with van der Waals surface area (Å²) in [6.07, 6.45) is 5.55. The summed E-state index contributed by atoms with van der Waals surface area (Å²) in [5, 5.41) is 3.01. The lowest BCUT2D eigenvalue weighted by molar-refractivity contribution is -0.127. The minimum Gasteiger partial charge on any atom is -0.381 e. The van der Waals surface area contributed by atoms with Crippen LogP contribution in [0.1, 0.15) is 32.1 Å². The molecule has 1 N–H and O–H groups in total. The first-order chi connectivity index (χ1) is 6.88. The minimum atomic E-state index is 0.265. The predicted molar refractivity (Wildman–Crippen MR) is 53.9 cm³/mol. The van der Waals surface area contributed by atoms with Gasteiger partial charge in [0, 0.05) is 25.7 Å². The Labute approximate surface area is 85.2 Å². The largest absolute Gasteiger partial charge is 0.381 e. The van der Waals surface area contributed by atoms with E-state index in [9.17, 15) is 4.79 Å². The molecule has 80 valence electrons. The zero-order chi connectivity index (χ0) is 9.80. The van der Waals surface area contributed by atoms with Gasteiger partial charge < -0.3 is 10.1 Å². The van der Waals surface area contributed by atoms with Gasteiger partial charge in [0.1, 0.15) is 0 Å². The number of rotatable bonds is 1. The molecule has 3 heteroatoms. The van der Waals surface area contributed by atoms with Gasteiger partial charge in [0.2, 0.25) is 5.91 Å². The van der Waals surface area contributed by atoms with Gasteiger partial charge in [-0.2, -0.15) is 0 Å². The van der Waals surface area contributed by atoms with Gasteiger partial charge in [-0.25, -0.2) is 0 Å². The zero-order valence-electron chi connectivity index (χ0n) is 8.63. The average molecular weight is 197 g/mol. The highest BCUT2D eigenvalue weighted by Crippen LogP contribution is 2.28. The molecule has 0 spiro atoms. The predicted octanol–water partition coefficient (Wildman–Crippen LogP) is 1.33. The molecule has 2 aliphatic heterocycles. The van der Waals surface area contributed by atoms with Crippen LogP contribution in [0.15, 0.2) is 0 Å². The van der Waals surface area contributed by atoms with E-state index < -0.39 is 0 Å². The Morgan fingerprint density at radius 2 is 1.93 bits per heavy atom. The molecule has 1 atom stereocenters. The van der Waals surface area contributed by atoms with Gasteiger partial charge in [0.25, 0.3) is 0 Å². The lowest BCUT2D eigenvalue weighted by Crippen LogP contribution is -2.35. The Morgan fingerprint density at radius 3 is 2.71 bits per heavy atom. The number of carbonyl (C=O) groups is 1. The molecule has 0 aromatic rings. The van der Waals surface area contributed by atoms with E-state index >= 15 is 0 Å². The van der Waals surface area contributed by atoms with Gasteiger partial charge in [0.05, 0.1) is 0 Å². The van der Waals surface area contributed by atoms with Crippen molar-refractivity contribution in [1.29, 1.82) is 0 Å². The number of hydrogen-bond donors (Lipinski definition) is 1. The van der Waals surface area contributed by atoms with Crippen LogP contribution in [-0.2, 0) is 9.53 Å². The maximum atomic E-state index is 11.8. The molecule has 2 aliphatic rings. The van der Waals surface area contributed by atoms with Crippen molar-refractivity contribution >= 4 is 5.91 Å².